The Balaban J connectivity index is 3.43. The fourth-order valence-corrected chi connectivity index (χ4v) is 1.65. The second-order valence-electron chi connectivity index (χ2n) is 2.64. The summed E-state index contributed by atoms with van der Waals surface area (Å²) in [7, 11) is 1.51. The van der Waals surface area contributed by atoms with Crippen molar-refractivity contribution in [3.63, 3.8) is 0 Å². The van der Waals surface area contributed by atoms with Gasteiger partial charge < -0.3 is 10.5 Å². The first kappa shape index (κ1) is 10.1. The third kappa shape index (κ3) is 1.83. The molecule has 1 aromatic rings. The molecule has 1 aromatic carbocycles. The van der Waals surface area contributed by atoms with Crippen LogP contribution in [-0.4, -0.2) is 13.0 Å². The lowest BCUT2D eigenvalue weighted by Gasteiger charge is -2.09. The quantitative estimate of drug-likeness (QED) is 0.863. The van der Waals surface area contributed by atoms with Gasteiger partial charge in [-0.2, -0.15) is 0 Å². The van der Waals surface area contributed by atoms with E-state index in [4.69, 9.17) is 10.5 Å². The maximum atomic E-state index is 11.1. The zero-order chi connectivity index (χ0) is 10.0. The Bertz CT molecular complexity index is 350. The summed E-state index contributed by atoms with van der Waals surface area (Å²) in [5, 5.41) is 0. The van der Waals surface area contributed by atoms with Gasteiger partial charge in [0.25, 0.3) is 5.91 Å². The number of rotatable bonds is 2. The molecule has 4 heteroatoms. The molecule has 0 aromatic heterocycles. The van der Waals surface area contributed by atoms with Crippen molar-refractivity contribution < 1.29 is 9.53 Å². The van der Waals surface area contributed by atoms with Crippen LogP contribution in [0.15, 0.2) is 16.6 Å². The number of aryl methyl sites for hydroxylation is 1. The molecule has 3 nitrogen and oxygen atoms in total. The number of carbonyl (C=O) groups excluding carboxylic acids is 1. The first-order chi connectivity index (χ1) is 6.07. The molecule has 70 valence electrons. The van der Waals surface area contributed by atoms with Gasteiger partial charge in [-0.3, -0.25) is 4.79 Å². The van der Waals surface area contributed by atoms with Gasteiger partial charge in [-0.1, -0.05) is 6.07 Å². The third-order valence-electron chi connectivity index (χ3n) is 1.77. The Morgan fingerprint density at radius 3 is 2.54 bits per heavy atom. The smallest absolute Gasteiger partial charge is 0.252 e. The Hall–Kier alpha value is -1.03. The molecule has 0 spiro atoms. The van der Waals surface area contributed by atoms with Crippen LogP contribution in [0, 0.1) is 6.92 Å². The summed E-state index contributed by atoms with van der Waals surface area (Å²) >= 11 is 3.28. The van der Waals surface area contributed by atoms with Crippen LogP contribution in [0.5, 0.6) is 5.75 Å². The molecule has 1 amide bonds. The number of nitrogens with two attached hydrogens (primary N) is 1. The van der Waals surface area contributed by atoms with E-state index in [0.717, 1.165) is 10.0 Å². The predicted octanol–water partition coefficient (Wildman–Crippen LogP) is 1.87. The van der Waals surface area contributed by atoms with Gasteiger partial charge in [-0.25, -0.2) is 0 Å². The highest BCUT2D eigenvalue weighted by molar-refractivity contribution is 9.10. The summed E-state index contributed by atoms with van der Waals surface area (Å²) in [5.41, 5.74) is 6.46. The van der Waals surface area contributed by atoms with Crippen LogP contribution in [0.2, 0.25) is 0 Å². The van der Waals surface area contributed by atoms with Crippen LogP contribution >= 0.6 is 15.9 Å². The third-order valence-corrected chi connectivity index (χ3v) is 2.39. The van der Waals surface area contributed by atoms with Gasteiger partial charge in [0.1, 0.15) is 5.75 Å². The molecule has 0 aliphatic heterocycles. The molecule has 0 radical (unpaired) electrons. The lowest BCUT2D eigenvalue weighted by atomic mass is 10.1. The molecule has 0 saturated heterocycles. The molecule has 2 N–H and O–H groups in total. The van der Waals surface area contributed by atoms with Gasteiger partial charge in [0.2, 0.25) is 0 Å². The van der Waals surface area contributed by atoms with E-state index < -0.39 is 5.91 Å². The number of primary amides is 1. The first-order valence-corrected chi connectivity index (χ1v) is 4.50. The normalized spacial score (nSPS) is 9.77. The lowest BCUT2D eigenvalue weighted by molar-refractivity contribution is 0.0996. The van der Waals surface area contributed by atoms with Gasteiger partial charge in [0.05, 0.1) is 17.1 Å². The average molecular weight is 244 g/mol. The first-order valence-electron chi connectivity index (χ1n) is 3.70. The monoisotopic (exact) mass is 243 g/mol. The summed E-state index contributed by atoms with van der Waals surface area (Å²) in [6, 6.07) is 3.63. The average Bonchev–Trinajstić information content (AvgIpc) is 2.07. The number of carbonyl (C=O) groups is 1. The molecular weight excluding hydrogens is 234 g/mol. The Morgan fingerprint density at radius 2 is 2.15 bits per heavy atom. The van der Waals surface area contributed by atoms with Crippen molar-refractivity contribution in [1.29, 1.82) is 0 Å². The van der Waals surface area contributed by atoms with E-state index in [1.807, 2.05) is 19.1 Å². The molecule has 0 unspecified atom stereocenters. The number of ether oxygens (including phenoxy) is 1. The van der Waals surface area contributed by atoms with Gasteiger partial charge in [0.15, 0.2) is 0 Å². The zero-order valence-electron chi connectivity index (χ0n) is 7.43. The molecule has 13 heavy (non-hydrogen) atoms. The minimum atomic E-state index is -0.476. The fraction of sp³-hybridized carbons (Fsp3) is 0.222. The maximum absolute atomic E-state index is 11.1. The zero-order valence-corrected chi connectivity index (χ0v) is 9.01. The van der Waals surface area contributed by atoms with Gasteiger partial charge >= 0.3 is 0 Å². The molecule has 0 fully saturated rings. The molecule has 0 aliphatic rings. The SMILES string of the molecule is COc1c(Br)ccc(C)c1C(N)=O. The second-order valence-corrected chi connectivity index (χ2v) is 3.49. The Kier molecular flexibility index (Phi) is 2.93. The van der Waals surface area contributed by atoms with Crippen LogP contribution in [-0.2, 0) is 0 Å². The van der Waals surface area contributed by atoms with Crippen molar-refractivity contribution in [3.8, 4) is 5.75 Å². The number of benzene rings is 1. The summed E-state index contributed by atoms with van der Waals surface area (Å²) < 4.78 is 5.80. The fourth-order valence-electron chi connectivity index (χ4n) is 1.16. The van der Waals surface area contributed by atoms with E-state index in [1.165, 1.54) is 7.11 Å². The van der Waals surface area contributed by atoms with Crippen molar-refractivity contribution in [2.24, 2.45) is 5.73 Å². The second kappa shape index (κ2) is 3.79. The Morgan fingerprint density at radius 1 is 1.54 bits per heavy atom. The van der Waals surface area contributed by atoms with E-state index in [9.17, 15) is 4.79 Å². The number of methoxy groups -OCH3 is 1. The molecule has 1 rings (SSSR count). The maximum Gasteiger partial charge on any atom is 0.252 e. The van der Waals surface area contributed by atoms with Crippen LogP contribution < -0.4 is 10.5 Å². The largest absolute Gasteiger partial charge is 0.495 e. The van der Waals surface area contributed by atoms with Crippen LogP contribution in [0.3, 0.4) is 0 Å². The number of hydrogen-bond donors (Lipinski definition) is 1. The Labute approximate surface area is 85.0 Å². The molecule has 0 bridgehead atoms. The topological polar surface area (TPSA) is 52.3 Å². The number of amides is 1. The van der Waals surface area contributed by atoms with Crippen LogP contribution in [0.25, 0.3) is 0 Å². The summed E-state index contributed by atoms with van der Waals surface area (Å²) in [5.74, 6) is 0.0168. The summed E-state index contributed by atoms with van der Waals surface area (Å²) in [6.45, 7) is 1.81. The summed E-state index contributed by atoms with van der Waals surface area (Å²) in [4.78, 5) is 11.1. The van der Waals surface area contributed by atoms with Crippen molar-refractivity contribution in [2.75, 3.05) is 7.11 Å². The highest BCUT2D eigenvalue weighted by Crippen LogP contribution is 2.30. The van der Waals surface area contributed by atoms with Gasteiger partial charge in [0, 0.05) is 0 Å². The molecule has 0 saturated carbocycles. The van der Waals surface area contributed by atoms with Crippen molar-refractivity contribution in [1.82, 2.24) is 0 Å². The predicted molar refractivity (Wildman–Crippen MR) is 53.9 cm³/mol. The summed E-state index contributed by atoms with van der Waals surface area (Å²) in [6.07, 6.45) is 0. The number of halogens is 1. The number of hydrogen-bond acceptors (Lipinski definition) is 2. The van der Waals surface area contributed by atoms with E-state index in [-0.39, 0.29) is 0 Å². The minimum Gasteiger partial charge on any atom is -0.495 e. The van der Waals surface area contributed by atoms with Gasteiger partial charge in [-0.05, 0) is 34.5 Å². The minimum absolute atomic E-state index is 0.428. The van der Waals surface area contributed by atoms with E-state index in [1.54, 1.807) is 0 Å². The van der Waals surface area contributed by atoms with Crippen LogP contribution in [0.1, 0.15) is 15.9 Å². The van der Waals surface area contributed by atoms with E-state index >= 15 is 0 Å². The highest BCUT2D eigenvalue weighted by Gasteiger charge is 2.14. The van der Waals surface area contributed by atoms with Crippen molar-refractivity contribution >= 4 is 21.8 Å². The lowest BCUT2D eigenvalue weighted by Crippen LogP contribution is -2.14. The van der Waals surface area contributed by atoms with Crippen molar-refractivity contribution in [3.05, 3.63) is 27.7 Å². The molecular formula is C9H10BrNO2. The standard InChI is InChI=1S/C9H10BrNO2/c1-5-3-4-6(10)8(13-2)7(5)9(11)12/h3-4H,1-2H3,(H2,11,12). The molecule has 0 heterocycles. The van der Waals surface area contributed by atoms with E-state index in [2.05, 4.69) is 15.9 Å². The van der Waals surface area contributed by atoms with Crippen molar-refractivity contribution in [2.45, 2.75) is 6.92 Å². The molecule has 0 atom stereocenters. The van der Waals surface area contributed by atoms with Gasteiger partial charge in [-0.15, -0.1) is 0 Å². The van der Waals surface area contributed by atoms with Crippen LogP contribution in [0.4, 0.5) is 0 Å². The highest BCUT2D eigenvalue weighted by atomic mass is 79.9. The van der Waals surface area contributed by atoms with E-state index in [0.29, 0.717) is 11.3 Å². The molecule has 0 aliphatic carbocycles.